The van der Waals surface area contributed by atoms with E-state index in [1.165, 1.54) is 43.4 Å². The maximum absolute atomic E-state index is 12.8. The van der Waals surface area contributed by atoms with Crippen LogP contribution in [0.2, 0.25) is 0 Å². The van der Waals surface area contributed by atoms with E-state index < -0.39 is 18.0 Å². The largest absolute Gasteiger partial charge is 0.444 e. The minimum Gasteiger partial charge on any atom is -0.444 e. The average molecular weight is 687 g/mol. The Balaban J connectivity index is 0.00000432. The lowest BCUT2D eigenvalue weighted by molar-refractivity contribution is -0.243. The molecular formula is C40H66N2O7. The van der Waals surface area contributed by atoms with Crippen LogP contribution in [-0.4, -0.2) is 92.1 Å². The van der Waals surface area contributed by atoms with Crippen LogP contribution in [0.25, 0.3) is 0 Å². The first kappa shape index (κ1) is 35.6. The van der Waals surface area contributed by atoms with Crippen molar-refractivity contribution in [2.24, 2.45) is 45.3 Å². The van der Waals surface area contributed by atoms with Crippen molar-refractivity contribution in [3.63, 3.8) is 0 Å². The van der Waals surface area contributed by atoms with Gasteiger partial charge in [-0.3, -0.25) is 0 Å². The quantitative estimate of drug-likeness (QED) is 0.271. The molecule has 2 amide bonds. The highest BCUT2D eigenvalue weighted by atomic mass is 16.7. The highest BCUT2D eigenvalue weighted by molar-refractivity contribution is 5.68. The molecule has 9 nitrogen and oxygen atoms in total. The van der Waals surface area contributed by atoms with Gasteiger partial charge in [0.15, 0.2) is 12.4 Å². The van der Waals surface area contributed by atoms with Gasteiger partial charge in [-0.2, -0.15) is 0 Å². The van der Waals surface area contributed by atoms with Crippen LogP contribution in [-0.2, 0) is 23.7 Å². The second-order valence-electron chi connectivity index (χ2n) is 19.2. The summed E-state index contributed by atoms with van der Waals surface area (Å²) in [5.41, 5.74) is 1.55. The first-order valence-corrected chi connectivity index (χ1v) is 19.4. The monoisotopic (exact) mass is 686 g/mol. The van der Waals surface area contributed by atoms with Gasteiger partial charge in [-0.05, 0) is 143 Å². The fraction of sp³-hybridized carbons (Fsp3) is 0.900. The highest BCUT2D eigenvalue weighted by Crippen LogP contribution is 2.87. The Labute approximate surface area is 296 Å². The number of rotatable bonds is 5. The van der Waals surface area contributed by atoms with Gasteiger partial charge in [0.05, 0.1) is 31.5 Å². The van der Waals surface area contributed by atoms with Crippen molar-refractivity contribution in [1.29, 1.82) is 0 Å². The molecule has 5 aliphatic carbocycles. The normalized spacial score (nSPS) is 44.2. The Bertz CT molecular complexity index is 1330. The van der Waals surface area contributed by atoms with Gasteiger partial charge < -0.3 is 33.5 Å². The number of morpholine rings is 1. The Hall–Kier alpha value is -1.84. The van der Waals surface area contributed by atoms with E-state index in [1.54, 1.807) is 19.0 Å². The van der Waals surface area contributed by atoms with Crippen molar-refractivity contribution in [2.75, 3.05) is 33.8 Å². The number of hydrogen-bond donors (Lipinski definition) is 0. The lowest BCUT2D eigenvalue weighted by Crippen LogP contribution is -2.56. The molecule has 0 bridgehead atoms. The summed E-state index contributed by atoms with van der Waals surface area (Å²) >= 11 is 0. The molecule has 9 heteroatoms. The number of carbonyl (C=O) groups is 2. The van der Waals surface area contributed by atoms with Crippen LogP contribution in [0, 0.1) is 45.3 Å². The Morgan fingerprint density at radius 3 is 2.41 bits per heavy atom. The van der Waals surface area contributed by atoms with Crippen LogP contribution in [0.5, 0.6) is 0 Å². The zero-order valence-electron chi connectivity index (χ0n) is 31.8. The number of ether oxygens (including phenoxy) is 5. The SMILES string of the molecule is C=C(C)[C@@H](OC(=O)N(C)C)C1CCC2C(CC3C4CCC5C(C)(C)[C@@H](OC6CN(C(=O)OC(C)(C)C)CCO6)CCC56C[C@@]46CCC23C)O1.[HH]. The number of carbonyl (C=O) groups excluding carboxylic acids is 2. The molecule has 12 atom stereocenters. The summed E-state index contributed by atoms with van der Waals surface area (Å²) in [7, 11) is 3.45. The number of nitrogens with zero attached hydrogens (tertiary/aromatic N) is 2. The summed E-state index contributed by atoms with van der Waals surface area (Å²) in [6, 6.07) is 0. The van der Waals surface area contributed by atoms with Gasteiger partial charge in [-0.1, -0.05) is 27.4 Å². The number of hydrogen-bond acceptors (Lipinski definition) is 7. The zero-order chi connectivity index (χ0) is 35.3. The van der Waals surface area contributed by atoms with E-state index in [1.807, 2.05) is 27.7 Å². The van der Waals surface area contributed by atoms with Crippen molar-refractivity contribution in [3.05, 3.63) is 12.2 Å². The Morgan fingerprint density at radius 1 is 0.980 bits per heavy atom. The van der Waals surface area contributed by atoms with Crippen molar-refractivity contribution >= 4 is 12.2 Å². The number of amides is 2. The molecule has 0 aromatic heterocycles. The second kappa shape index (κ2) is 12.1. The van der Waals surface area contributed by atoms with Crippen LogP contribution in [0.1, 0.15) is 114 Å². The third-order valence-electron chi connectivity index (χ3n) is 15.0. The lowest BCUT2D eigenvalue weighted by atomic mass is 9.46. The first-order chi connectivity index (χ1) is 22.9. The minimum absolute atomic E-state index is 0. The fourth-order valence-electron chi connectivity index (χ4n) is 12.8. The Kier molecular flexibility index (Phi) is 8.79. The third-order valence-corrected chi connectivity index (χ3v) is 15.0. The lowest BCUT2D eigenvalue weighted by Gasteiger charge is -2.60. The second-order valence-corrected chi connectivity index (χ2v) is 19.2. The molecule has 0 aromatic carbocycles. The standard InChI is InChI=1S/C40H64N2O7.H2/c1-24(2)33(48-34(43)41(9)10)28-13-11-26-29(46-28)21-27-25-12-14-30-37(6,7)31(15-16-40(30)23-39(25,40)18-17-38(26,27)8)47-32-22-42(19-20-45-32)35(44)49-36(3,4)5;/h25-33H,1,11-23H2,2-10H3;1H/t25?,26?,27?,28?,29?,30?,31-,32?,33+,38?,39-,40?;/m0./s1. The summed E-state index contributed by atoms with van der Waals surface area (Å²) in [6.45, 7) is 20.8. The third kappa shape index (κ3) is 5.75. The van der Waals surface area contributed by atoms with Gasteiger partial charge in [-0.25, -0.2) is 9.59 Å². The van der Waals surface area contributed by atoms with E-state index in [0.29, 0.717) is 53.7 Å². The topological polar surface area (TPSA) is 86.8 Å². The highest BCUT2D eigenvalue weighted by Gasteiger charge is 2.80. The van der Waals surface area contributed by atoms with Crippen LogP contribution in [0.4, 0.5) is 9.59 Å². The molecule has 2 saturated heterocycles. The smallest absolute Gasteiger partial charge is 0.410 e. The summed E-state index contributed by atoms with van der Waals surface area (Å²) in [5.74, 6) is 2.66. The maximum Gasteiger partial charge on any atom is 0.410 e. The summed E-state index contributed by atoms with van der Waals surface area (Å²) in [5, 5.41) is 0. The number of fused-ring (bicyclic) bond motifs is 4. The van der Waals surface area contributed by atoms with E-state index in [4.69, 9.17) is 23.7 Å². The van der Waals surface area contributed by atoms with Gasteiger partial charge in [0.25, 0.3) is 0 Å². The van der Waals surface area contributed by atoms with Crippen LogP contribution < -0.4 is 0 Å². The molecule has 5 saturated carbocycles. The average Bonchev–Trinajstić information content (AvgIpc) is 3.60. The molecule has 0 aromatic rings. The molecule has 7 rings (SSSR count). The summed E-state index contributed by atoms with van der Waals surface area (Å²) in [6.07, 6.45) is 10.8. The molecule has 7 fully saturated rings. The van der Waals surface area contributed by atoms with Crippen molar-refractivity contribution < 1.29 is 34.7 Å². The molecule has 278 valence electrons. The van der Waals surface area contributed by atoms with Crippen LogP contribution in [0.3, 0.4) is 0 Å². The van der Waals surface area contributed by atoms with Gasteiger partial charge in [0.2, 0.25) is 0 Å². The van der Waals surface area contributed by atoms with Crippen molar-refractivity contribution in [1.82, 2.24) is 9.80 Å². The molecule has 9 unspecified atom stereocenters. The predicted molar refractivity (Wildman–Crippen MR) is 189 cm³/mol. The van der Waals surface area contributed by atoms with Crippen molar-refractivity contribution in [2.45, 2.75) is 149 Å². The van der Waals surface area contributed by atoms with E-state index in [9.17, 15) is 9.59 Å². The summed E-state index contributed by atoms with van der Waals surface area (Å²) < 4.78 is 31.4. The Morgan fingerprint density at radius 2 is 1.71 bits per heavy atom. The van der Waals surface area contributed by atoms with Gasteiger partial charge in [-0.15, -0.1) is 0 Å². The molecule has 0 N–H and O–H groups in total. The molecule has 49 heavy (non-hydrogen) atoms. The molecule has 7 aliphatic rings. The minimum atomic E-state index is -0.525. The van der Waals surface area contributed by atoms with Gasteiger partial charge >= 0.3 is 12.2 Å². The van der Waals surface area contributed by atoms with Gasteiger partial charge in [0.1, 0.15) is 5.60 Å². The van der Waals surface area contributed by atoms with E-state index in [0.717, 1.165) is 37.2 Å². The van der Waals surface area contributed by atoms with E-state index in [-0.39, 0.29) is 37.3 Å². The predicted octanol–water partition coefficient (Wildman–Crippen LogP) is 8.06. The zero-order valence-corrected chi connectivity index (χ0v) is 31.8. The molecule has 0 radical (unpaired) electrons. The summed E-state index contributed by atoms with van der Waals surface area (Å²) in [4.78, 5) is 28.6. The van der Waals surface area contributed by atoms with Crippen molar-refractivity contribution in [3.8, 4) is 0 Å². The van der Waals surface area contributed by atoms with Crippen LogP contribution in [0.15, 0.2) is 12.2 Å². The molecular weight excluding hydrogens is 620 g/mol. The maximum atomic E-state index is 12.8. The fourth-order valence-corrected chi connectivity index (χ4v) is 12.8. The van der Waals surface area contributed by atoms with Gasteiger partial charge in [0, 0.05) is 22.1 Å². The van der Waals surface area contributed by atoms with E-state index >= 15 is 0 Å². The molecule has 2 heterocycles. The van der Waals surface area contributed by atoms with E-state index in [2.05, 4.69) is 27.4 Å². The van der Waals surface area contributed by atoms with Crippen LogP contribution >= 0.6 is 0 Å². The first-order valence-electron chi connectivity index (χ1n) is 19.4. The molecule has 2 aliphatic heterocycles. The molecule has 2 spiro atoms.